The van der Waals surface area contributed by atoms with Crippen molar-refractivity contribution in [2.45, 2.75) is 44.7 Å². The van der Waals surface area contributed by atoms with Crippen molar-refractivity contribution < 1.29 is 22.7 Å². The molecule has 9 heteroatoms. The summed E-state index contributed by atoms with van der Waals surface area (Å²) in [4.78, 5) is 20.0. The van der Waals surface area contributed by atoms with Crippen molar-refractivity contribution in [1.29, 1.82) is 0 Å². The molecule has 4 unspecified atom stereocenters. The normalized spacial score (nSPS) is 26.9. The molecule has 4 atom stereocenters. The first-order valence-electron chi connectivity index (χ1n) is 12.0. The van der Waals surface area contributed by atoms with Crippen molar-refractivity contribution >= 4 is 28.9 Å². The molecular formula is C26H29ClF3N3O2. The smallest absolute Gasteiger partial charge is 0.372 e. The first-order valence-corrected chi connectivity index (χ1v) is 12.4. The minimum Gasteiger partial charge on any atom is -0.372 e. The van der Waals surface area contributed by atoms with Gasteiger partial charge in [0.15, 0.2) is 0 Å². The van der Waals surface area contributed by atoms with E-state index in [2.05, 4.69) is 9.80 Å². The maximum absolute atomic E-state index is 13.9. The van der Waals surface area contributed by atoms with Crippen molar-refractivity contribution in [2.24, 2.45) is 5.92 Å². The van der Waals surface area contributed by atoms with Gasteiger partial charge in [-0.25, -0.2) is 0 Å². The van der Waals surface area contributed by atoms with Gasteiger partial charge in [-0.2, -0.15) is 13.2 Å². The summed E-state index contributed by atoms with van der Waals surface area (Å²) in [5.41, 5.74) is 1.60. The Bertz CT molecular complexity index is 1100. The van der Waals surface area contributed by atoms with Crippen molar-refractivity contribution in [2.75, 3.05) is 42.5 Å². The molecule has 5 rings (SSSR count). The number of carbonyl (C=O) groups is 1. The molecule has 0 aliphatic carbocycles. The molecule has 0 radical (unpaired) electrons. The maximum atomic E-state index is 13.9. The molecule has 3 heterocycles. The van der Waals surface area contributed by atoms with Crippen LogP contribution in [0.5, 0.6) is 0 Å². The van der Waals surface area contributed by atoms with E-state index in [9.17, 15) is 18.0 Å². The van der Waals surface area contributed by atoms with Crippen molar-refractivity contribution in [3.05, 3.63) is 58.6 Å². The second-order valence-corrected chi connectivity index (χ2v) is 10.2. The van der Waals surface area contributed by atoms with Crippen LogP contribution in [0.25, 0.3) is 0 Å². The molecule has 3 aliphatic rings. The number of alkyl halides is 3. The Hall–Kier alpha value is -2.45. The van der Waals surface area contributed by atoms with Crippen LogP contribution in [0.4, 0.5) is 24.5 Å². The van der Waals surface area contributed by atoms with Crippen LogP contribution in [0.15, 0.2) is 42.5 Å². The average Bonchev–Trinajstić information content (AvgIpc) is 2.81. The molecule has 2 fully saturated rings. The Labute approximate surface area is 208 Å². The van der Waals surface area contributed by atoms with Gasteiger partial charge in [0.2, 0.25) is 5.91 Å². The number of hydrogen-bond donors (Lipinski definition) is 0. The first-order chi connectivity index (χ1) is 16.6. The number of halogens is 4. The highest BCUT2D eigenvalue weighted by molar-refractivity contribution is 6.33. The number of anilines is 2. The number of carbonyl (C=O) groups excluding carboxylic acids is 1. The van der Waals surface area contributed by atoms with Gasteiger partial charge < -0.3 is 19.4 Å². The fourth-order valence-electron chi connectivity index (χ4n) is 5.80. The summed E-state index contributed by atoms with van der Waals surface area (Å²) in [5.74, 6) is -0.486. The number of benzene rings is 2. The van der Waals surface area contributed by atoms with Gasteiger partial charge in [-0.15, -0.1) is 0 Å². The number of piperazine rings is 1. The number of hydrogen-bond acceptors (Lipinski definition) is 4. The monoisotopic (exact) mass is 507 g/mol. The summed E-state index contributed by atoms with van der Waals surface area (Å²) >= 11 is 6.48. The van der Waals surface area contributed by atoms with E-state index in [4.69, 9.17) is 16.3 Å². The van der Waals surface area contributed by atoms with Gasteiger partial charge in [0.25, 0.3) is 0 Å². The minimum absolute atomic E-state index is 0.0222. The van der Waals surface area contributed by atoms with Crippen molar-refractivity contribution in [1.82, 2.24) is 4.90 Å². The second-order valence-electron chi connectivity index (χ2n) is 9.81. The zero-order chi connectivity index (χ0) is 24.9. The van der Waals surface area contributed by atoms with Crippen LogP contribution in [0.1, 0.15) is 25.0 Å². The third kappa shape index (κ3) is 4.70. The highest BCUT2D eigenvalue weighted by atomic mass is 35.5. The molecular weight excluding hydrogens is 479 g/mol. The SMILES string of the molecule is CC1CN(C(=O)C2Cc3cc(C(F)(F)F)ccc3N3CCN(c4ccccc4Cl)CC23)CC(C)O1. The molecule has 35 heavy (non-hydrogen) atoms. The van der Waals surface area contributed by atoms with E-state index in [0.717, 1.165) is 17.4 Å². The van der Waals surface area contributed by atoms with Gasteiger partial charge in [-0.3, -0.25) is 4.79 Å². The molecule has 188 valence electrons. The average molecular weight is 508 g/mol. The minimum atomic E-state index is -4.43. The van der Waals surface area contributed by atoms with Crippen LogP contribution in [-0.2, 0) is 22.1 Å². The van der Waals surface area contributed by atoms with Crippen molar-refractivity contribution in [3.63, 3.8) is 0 Å². The van der Waals surface area contributed by atoms with E-state index in [1.54, 1.807) is 6.07 Å². The zero-order valence-corrected chi connectivity index (χ0v) is 20.5. The van der Waals surface area contributed by atoms with Gasteiger partial charge >= 0.3 is 6.18 Å². The lowest BCUT2D eigenvalue weighted by atomic mass is 9.82. The van der Waals surface area contributed by atoms with Crippen LogP contribution < -0.4 is 9.80 Å². The topological polar surface area (TPSA) is 36.0 Å². The Balaban J connectivity index is 1.51. The van der Waals surface area contributed by atoms with Gasteiger partial charge in [0.05, 0.1) is 40.4 Å². The van der Waals surface area contributed by atoms with Crippen LogP contribution in [0, 0.1) is 5.92 Å². The summed E-state index contributed by atoms with van der Waals surface area (Å²) in [5, 5.41) is 0.644. The summed E-state index contributed by atoms with van der Waals surface area (Å²) in [6.07, 6.45) is -4.33. The molecule has 0 N–H and O–H groups in total. The highest BCUT2D eigenvalue weighted by Gasteiger charge is 2.45. The van der Waals surface area contributed by atoms with Gasteiger partial charge in [-0.05, 0) is 56.2 Å². The third-order valence-electron chi connectivity index (χ3n) is 7.28. The molecule has 0 saturated carbocycles. The zero-order valence-electron chi connectivity index (χ0n) is 19.8. The van der Waals surface area contributed by atoms with Crippen LogP contribution >= 0.6 is 11.6 Å². The van der Waals surface area contributed by atoms with Crippen LogP contribution in [-0.4, -0.2) is 61.8 Å². The molecule has 0 bridgehead atoms. The molecule has 0 aromatic heterocycles. The number of fused-ring (bicyclic) bond motifs is 3. The fraction of sp³-hybridized carbons (Fsp3) is 0.500. The summed E-state index contributed by atoms with van der Waals surface area (Å²) in [6.45, 7) is 6.66. The van der Waals surface area contributed by atoms with E-state index >= 15 is 0 Å². The number of amides is 1. The lowest BCUT2D eigenvalue weighted by Crippen LogP contribution is -2.62. The Morgan fingerprint density at radius 3 is 2.40 bits per heavy atom. The fourth-order valence-corrected chi connectivity index (χ4v) is 6.06. The Morgan fingerprint density at radius 2 is 1.71 bits per heavy atom. The van der Waals surface area contributed by atoms with Gasteiger partial charge in [-0.1, -0.05) is 23.7 Å². The predicted molar refractivity (Wildman–Crippen MR) is 130 cm³/mol. The number of para-hydroxylation sites is 1. The van der Waals surface area contributed by atoms with E-state index < -0.39 is 17.7 Å². The van der Waals surface area contributed by atoms with E-state index in [1.165, 1.54) is 6.07 Å². The van der Waals surface area contributed by atoms with E-state index in [-0.39, 0.29) is 30.6 Å². The molecule has 3 aliphatic heterocycles. The number of nitrogens with zero attached hydrogens (tertiary/aromatic N) is 3. The van der Waals surface area contributed by atoms with E-state index in [1.807, 2.05) is 43.0 Å². The van der Waals surface area contributed by atoms with Crippen molar-refractivity contribution in [3.8, 4) is 0 Å². The quantitative estimate of drug-likeness (QED) is 0.581. The number of rotatable bonds is 2. The predicted octanol–water partition coefficient (Wildman–Crippen LogP) is 4.86. The molecule has 2 aromatic carbocycles. The first kappa shape index (κ1) is 24.3. The summed E-state index contributed by atoms with van der Waals surface area (Å²) in [6, 6.07) is 11.4. The van der Waals surface area contributed by atoms with Crippen LogP contribution in [0.2, 0.25) is 5.02 Å². The summed E-state index contributed by atoms with van der Waals surface area (Å²) in [7, 11) is 0. The highest BCUT2D eigenvalue weighted by Crippen LogP contribution is 2.41. The standard InChI is InChI=1S/C26H29ClF3N3O2/c1-16-13-32(14-17(2)35-16)25(34)20-12-18-11-19(26(28,29)30)7-8-22(18)33-10-9-31(15-24(20)33)23-6-4-3-5-21(23)27/h3-8,11,16-17,20,24H,9-10,12-15H2,1-2H3. The molecule has 0 spiro atoms. The molecule has 2 saturated heterocycles. The Kier molecular flexibility index (Phi) is 6.38. The molecule has 1 amide bonds. The maximum Gasteiger partial charge on any atom is 0.416 e. The number of ether oxygens (including phenoxy) is 1. The lowest BCUT2D eigenvalue weighted by Gasteiger charge is -2.51. The molecule has 2 aromatic rings. The molecule has 5 nitrogen and oxygen atoms in total. The second kappa shape index (κ2) is 9.21. The lowest BCUT2D eigenvalue weighted by molar-refractivity contribution is -0.148. The van der Waals surface area contributed by atoms with Crippen LogP contribution in [0.3, 0.4) is 0 Å². The largest absolute Gasteiger partial charge is 0.416 e. The third-order valence-corrected chi connectivity index (χ3v) is 7.60. The van der Waals surface area contributed by atoms with Gasteiger partial charge in [0, 0.05) is 38.4 Å². The Morgan fingerprint density at radius 1 is 1.00 bits per heavy atom. The van der Waals surface area contributed by atoms with E-state index in [0.29, 0.717) is 43.3 Å². The number of morpholine rings is 1. The van der Waals surface area contributed by atoms with Gasteiger partial charge in [0.1, 0.15) is 0 Å². The summed E-state index contributed by atoms with van der Waals surface area (Å²) < 4.78 is 46.2.